The molecular formula is C22H22BrN3O2. The van der Waals surface area contributed by atoms with Gasteiger partial charge in [0.25, 0.3) is 5.91 Å². The van der Waals surface area contributed by atoms with Gasteiger partial charge in [-0.15, -0.1) is 0 Å². The second-order valence-corrected chi connectivity index (χ2v) is 7.95. The average Bonchev–Trinajstić information content (AvgIpc) is 2.99. The Hall–Kier alpha value is -2.31. The largest absolute Gasteiger partial charge is 0.381 e. The summed E-state index contributed by atoms with van der Waals surface area (Å²) in [6.07, 6.45) is 6.52. The number of hydrogen-bond acceptors (Lipinski definition) is 4. The van der Waals surface area contributed by atoms with E-state index in [1.54, 1.807) is 19.5 Å². The number of amides is 1. The molecule has 0 N–H and O–H groups in total. The van der Waals surface area contributed by atoms with Gasteiger partial charge in [0.15, 0.2) is 0 Å². The van der Waals surface area contributed by atoms with Crippen molar-refractivity contribution in [2.24, 2.45) is 0 Å². The molecule has 1 aliphatic rings. The lowest BCUT2D eigenvalue weighted by molar-refractivity contribution is 0.0725. The van der Waals surface area contributed by atoms with Crippen LogP contribution in [0.5, 0.6) is 0 Å². The predicted molar refractivity (Wildman–Crippen MR) is 113 cm³/mol. The van der Waals surface area contributed by atoms with Crippen LogP contribution in [0, 0.1) is 0 Å². The maximum Gasteiger partial charge on any atom is 0.254 e. The molecule has 3 aromatic rings. The van der Waals surface area contributed by atoms with Crippen molar-refractivity contribution in [2.75, 3.05) is 20.2 Å². The summed E-state index contributed by atoms with van der Waals surface area (Å²) in [5.74, 6) is 0.0533. The molecule has 28 heavy (non-hydrogen) atoms. The van der Waals surface area contributed by atoms with Crippen molar-refractivity contribution in [3.8, 4) is 11.3 Å². The Labute approximate surface area is 172 Å². The van der Waals surface area contributed by atoms with E-state index in [1.807, 2.05) is 41.3 Å². The van der Waals surface area contributed by atoms with Gasteiger partial charge in [-0.25, -0.2) is 4.98 Å². The lowest BCUT2D eigenvalue weighted by Crippen LogP contribution is -2.32. The maximum absolute atomic E-state index is 13.5. The van der Waals surface area contributed by atoms with Crippen molar-refractivity contribution in [3.63, 3.8) is 0 Å². The first-order chi connectivity index (χ1) is 13.7. The number of aromatic nitrogens is 2. The zero-order valence-electron chi connectivity index (χ0n) is 15.8. The number of carbonyl (C=O) groups excluding carboxylic acids is 1. The van der Waals surface area contributed by atoms with E-state index >= 15 is 0 Å². The van der Waals surface area contributed by atoms with Gasteiger partial charge in [-0.2, -0.15) is 0 Å². The molecule has 0 radical (unpaired) electrons. The van der Waals surface area contributed by atoms with Crippen LogP contribution in [0.15, 0.2) is 53.3 Å². The first-order valence-electron chi connectivity index (χ1n) is 9.48. The molecule has 144 valence electrons. The van der Waals surface area contributed by atoms with E-state index in [4.69, 9.17) is 9.72 Å². The Bertz CT molecular complexity index is 994. The number of likely N-dealkylation sites (tertiary alicyclic amines) is 1. The number of pyridine rings is 2. The molecule has 0 spiro atoms. The van der Waals surface area contributed by atoms with E-state index < -0.39 is 0 Å². The minimum absolute atomic E-state index is 0.0533. The summed E-state index contributed by atoms with van der Waals surface area (Å²) in [6.45, 7) is 1.46. The number of benzene rings is 1. The standard InChI is InChI=1S/C22H22BrN3O2/c1-28-17-3-2-11-26(12-8-17)22(27)19-14-21(15-6-9-24-10-7-15)25-20-5-4-16(23)13-18(19)20/h4-7,9-10,13-14,17H,2-3,8,11-12H2,1H3. The number of ether oxygens (including phenoxy) is 1. The molecule has 0 saturated carbocycles. The fourth-order valence-electron chi connectivity index (χ4n) is 3.72. The quantitative estimate of drug-likeness (QED) is 0.593. The van der Waals surface area contributed by atoms with Crippen molar-refractivity contribution in [1.82, 2.24) is 14.9 Å². The topological polar surface area (TPSA) is 55.3 Å². The highest BCUT2D eigenvalue weighted by Gasteiger charge is 2.24. The summed E-state index contributed by atoms with van der Waals surface area (Å²) in [7, 11) is 1.75. The van der Waals surface area contributed by atoms with Crippen molar-refractivity contribution in [3.05, 3.63) is 58.8 Å². The average molecular weight is 440 g/mol. The Balaban J connectivity index is 1.78. The first-order valence-corrected chi connectivity index (χ1v) is 10.3. The Kier molecular flexibility index (Phi) is 5.69. The van der Waals surface area contributed by atoms with Gasteiger partial charge < -0.3 is 9.64 Å². The molecule has 1 aliphatic heterocycles. The first kappa shape index (κ1) is 19.0. The molecule has 1 fully saturated rings. The highest BCUT2D eigenvalue weighted by molar-refractivity contribution is 9.10. The van der Waals surface area contributed by atoms with E-state index in [0.29, 0.717) is 12.1 Å². The van der Waals surface area contributed by atoms with E-state index in [-0.39, 0.29) is 12.0 Å². The van der Waals surface area contributed by atoms with Gasteiger partial charge in [-0.1, -0.05) is 15.9 Å². The summed E-state index contributed by atoms with van der Waals surface area (Å²) in [6, 6.07) is 11.6. The second-order valence-electron chi connectivity index (χ2n) is 7.03. The molecule has 3 heterocycles. The van der Waals surface area contributed by atoms with E-state index in [0.717, 1.165) is 52.4 Å². The fraction of sp³-hybridized carbons (Fsp3) is 0.318. The van der Waals surface area contributed by atoms with Crippen LogP contribution in [0.1, 0.15) is 29.6 Å². The number of nitrogens with zero attached hydrogens (tertiary/aromatic N) is 3. The lowest BCUT2D eigenvalue weighted by Gasteiger charge is -2.22. The highest BCUT2D eigenvalue weighted by Crippen LogP contribution is 2.28. The number of fused-ring (bicyclic) bond motifs is 1. The molecule has 2 aromatic heterocycles. The number of hydrogen-bond donors (Lipinski definition) is 0. The number of halogens is 1. The monoisotopic (exact) mass is 439 g/mol. The van der Waals surface area contributed by atoms with Gasteiger partial charge in [0, 0.05) is 48.0 Å². The minimum atomic E-state index is 0.0533. The Morgan fingerprint density at radius 3 is 2.75 bits per heavy atom. The normalized spacial score (nSPS) is 17.5. The zero-order chi connectivity index (χ0) is 19.5. The van der Waals surface area contributed by atoms with Crippen LogP contribution in [0.2, 0.25) is 0 Å². The Morgan fingerprint density at radius 1 is 1.14 bits per heavy atom. The van der Waals surface area contributed by atoms with Crippen LogP contribution in [0.3, 0.4) is 0 Å². The third-order valence-corrected chi connectivity index (χ3v) is 5.77. The second kappa shape index (κ2) is 8.37. The molecule has 6 heteroatoms. The van der Waals surface area contributed by atoms with Gasteiger partial charge >= 0.3 is 0 Å². The molecule has 1 saturated heterocycles. The molecule has 1 unspecified atom stereocenters. The van der Waals surface area contributed by atoms with Crippen LogP contribution < -0.4 is 0 Å². The van der Waals surface area contributed by atoms with Gasteiger partial charge in [0.05, 0.1) is 22.9 Å². The predicted octanol–water partition coefficient (Wildman–Crippen LogP) is 4.70. The van der Waals surface area contributed by atoms with Crippen molar-refractivity contribution in [2.45, 2.75) is 25.4 Å². The zero-order valence-corrected chi connectivity index (χ0v) is 17.4. The van der Waals surface area contributed by atoms with Crippen LogP contribution in [-0.2, 0) is 4.74 Å². The molecule has 1 aromatic carbocycles. The molecule has 4 rings (SSSR count). The maximum atomic E-state index is 13.5. The van der Waals surface area contributed by atoms with Gasteiger partial charge in [-0.3, -0.25) is 9.78 Å². The van der Waals surface area contributed by atoms with Crippen LogP contribution in [0.4, 0.5) is 0 Å². The van der Waals surface area contributed by atoms with Gasteiger partial charge in [-0.05, 0) is 55.7 Å². The van der Waals surface area contributed by atoms with E-state index in [2.05, 4.69) is 20.9 Å². The lowest BCUT2D eigenvalue weighted by atomic mass is 10.0. The molecule has 0 aliphatic carbocycles. The van der Waals surface area contributed by atoms with Crippen molar-refractivity contribution >= 4 is 32.7 Å². The summed E-state index contributed by atoms with van der Waals surface area (Å²) >= 11 is 3.53. The molecule has 0 bridgehead atoms. The highest BCUT2D eigenvalue weighted by atomic mass is 79.9. The van der Waals surface area contributed by atoms with E-state index in [9.17, 15) is 4.79 Å². The minimum Gasteiger partial charge on any atom is -0.381 e. The third kappa shape index (κ3) is 3.93. The summed E-state index contributed by atoms with van der Waals surface area (Å²) < 4.78 is 6.44. The van der Waals surface area contributed by atoms with Crippen LogP contribution in [-0.4, -0.2) is 47.1 Å². The van der Waals surface area contributed by atoms with Gasteiger partial charge in [0.2, 0.25) is 0 Å². The van der Waals surface area contributed by atoms with Crippen molar-refractivity contribution < 1.29 is 9.53 Å². The summed E-state index contributed by atoms with van der Waals surface area (Å²) in [5, 5.41) is 0.865. The van der Waals surface area contributed by atoms with Crippen LogP contribution in [0.25, 0.3) is 22.2 Å². The molecule has 1 amide bonds. The number of rotatable bonds is 3. The number of methoxy groups -OCH3 is 1. The molecule has 5 nitrogen and oxygen atoms in total. The van der Waals surface area contributed by atoms with Gasteiger partial charge in [0.1, 0.15) is 0 Å². The summed E-state index contributed by atoms with van der Waals surface area (Å²) in [4.78, 5) is 24.3. The van der Waals surface area contributed by atoms with Crippen molar-refractivity contribution in [1.29, 1.82) is 0 Å². The Morgan fingerprint density at radius 2 is 1.96 bits per heavy atom. The molecule has 1 atom stereocenters. The summed E-state index contributed by atoms with van der Waals surface area (Å²) in [5.41, 5.74) is 3.23. The third-order valence-electron chi connectivity index (χ3n) is 5.27. The fourth-order valence-corrected chi connectivity index (χ4v) is 4.08. The SMILES string of the molecule is COC1CCCN(C(=O)c2cc(-c3ccncc3)nc3ccc(Br)cc23)CC1. The molecular weight excluding hydrogens is 418 g/mol. The number of carbonyl (C=O) groups is 1. The smallest absolute Gasteiger partial charge is 0.254 e. The van der Waals surface area contributed by atoms with Crippen LogP contribution >= 0.6 is 15.9 Å². The van der Waals surface area contributed by atoms with E-state index in [1.165, 1.54) is 0 Å².